The lowest BCUT2D eigenvalue weighted by Crippen LogP contribution is -1.93. The molecular formula is C16H12N2O3. The summed E-state index contributed by atoms with van der Waals surface area (Å²) in [7, 11) is 0. The minimum absolute atomic E-state index is 0.125. The highest BCUT2D eigenvalue weighted by Gasteiger charge is 2.16. The number of hydrogen-bond donors (Lipinski definition) is 1. The number of benzene rings is 1. The fourth-order valence-corrected chi connectivity index (χ4v) is 2.41. The molecule has 104 valence electrons. The van der Waals surface area contributed by atoms with Crippen LogP contribution in [0.1, 0.15) is 5.76 Å². The maximum atomic E-state index is 9.13. The molecule has 5 heteroatoms. The molecule has 3 aromatic heterocycles. The van der Waals surface area contributed by atoms with Crippen LogP contribution in [0.15, 0.2) is 63.8 Å². The summed E-state index contributed by atoms with van der Waals surface area (Å²) < 4.78 is 12.6. The first-order valence-electron chi connectivity index (χ1n) is 6.57. The Hall–Kier alpha value is -2.79. The summed E-state index contributed by atoms with van der Waals surface area (Å²) in [6, 6.07) is 13.3. The second-order valence-corrected chi connectivity index (χ2v) is 4.68. The fourth-order valence-electron chi connectivity index (χ4n) is 2.41. The topological polar surface area (TPSA) is 64.3 Å². The molecule has 1 aromatic carbocycles. The standard InChI is InChI=1S/C16H12N2O3/c19-9-12-5-6-15(21-12)16-13-3-1-2-4-14(13)18(17-16)11-7-8-20-10-11/h1-8,10,19H,9H2. The number of aliphatic hydroxyl groups excluding tert-OH is 1. The Morgan fingerprint density at radius 2 is 2.00 bits per heavy atom. The number of nitrogens with zero attached hydrogens (tertiary/aromatic N) is 2. The van der Waals surface area contributed by atoms with Gasteiger partial charge in [0.15, 0.2) is 5.76 Å². The van der Waals surface area contributed by atoms with Crippen molar-refractivity contribution in [2.24, 2.45) is 0 Å². The van der Waals surface area contributed by atoms with E-state index in [4.69, 9.17) is 13.9 Å². The first-order valence-corrected chi connectivity index (χ1v) is 6.57. The van der Waals surface area contributed by atoms with Crippen molar-refractivity contribution < 1.29 is 13.9 Å². The number of rotatable bonds is 3. The first kappa shape index (κ1) is 12.0. The van der Waals surface area contributed by atoms with Crippen molar-refractivity contribution in [2.75, 3.05) is 0 Å². The van der Waals surface area contributed by atoms with Gasteiger partial charge in [0.1, 0.15) is 30.0 Å². The van der Waals surface area contributed by atoms with Crippen LogP contribution in [0.3, 0.4) is 0 Å². The number of aromatic nitrogens is 2. The Morgan fingerprint density at radius 3 is 2.76 bits per heavy atom. The Kier molecular flexibility index (Phi) is 2.65. The van der Waals surface area contributed by atoms with Gasteiger partial charge in [-0.05, 0) is 18.2 Å². The van der Waals surface area contributed by atoms with Crippen LogP contribution in [-0.2, 0) is 6.61 Å². The van der Waals surface area contributed by atoms with Crippen LogP contribution in [-0.4, -0.2) is 14.9 Å². The van der Waals surface area contributed by atoms with Crippen LogP contribution in [0.25, 0.3) is 28.0 Å². The molecule has 0 atom stereocenters. The second-order valence-electron chi connectivity index (χ2n) is 4.68. The van der Waals surface area contributed by atoms with Crippen LogP contribution >= 0.6 is 0 Å². The van der Waals surface area contributed by atoms with Gasteiger partial charge in [0.2, 0.25) is 0 Å². The van der Waals surface area contributed by atoms with Crippen molar-refractivity contribution in [3.8, 4) is 17.1 Å². The van der Waals surface area contributed by atoms with Gasteiger partial charge >= 0.3 is 0 Å². The minimum Gasteiger partial charge on any atom is -0.470 e. The van der Waals surface area contributed by atoms with E-state index < -0.39 is 0 Å². The predicted octanol–water partition coefficient (Wildman–Crippen LogP) is 3.37. The van der Waals surface area contributed by atoms with E-state index in [0.717, 1.165) is 22.3 Å². The molecule has 5 nitrogen and oxygen atoms in total. The van der Waals surface area contributed by atoms with Crippen molar-refractivity contribution in [3.05, 3.63) is 60.8 Å². The molecule has 0 unspecified atom stereocenters. The molecular weight excluding hydrogens is 268 g/mol. The highest BCUT2D eigenvalue weighted by molar-refractivity contribution is 5.93. The minimum atomic E-state index is -0.125. The third kappa shape index (κ3) is 1.86. The summed E-state index contributed by atoms with van der Waals surface area (Å²) in [4.78, 5) is 0. The molecule has 0 aliphatic rings. The lowest BCUT2D eigenvalue weighted by molar-refractivity contribution is 0.248. The van der Waals surface area contributed by atoms with Gasteiger partial charge in [0, 0.05) is 11.5 Å². The third-order valence-corrected chi connectivity index (χ3v) is 3.39. The van der Waals surface area contributed by atoms with Crippen LogP contribution in [0, 0.1) is 0 Å². The Morgan fingerprint density at radius 1 is 1.10 bits per heavy atom. The van der Waals surface area contributed by atoms with Gasteiger partial charge in [-0.2, -0.15) is 5.10 Å². The van der Waals surface area contributed by atoms with Crippen LogP contribution < -0.4 is 0 Å². The zero-order valence-corrected chi connectivity index (χ0v) is 11.1. The zero-order valence-electron chi connectivity index (χ0n) is 11.1. The van der Waals surface area contributed by atoms with Gasteiger partial charge < -0.3 is 13.9 Å². The van der Waals surface area contributed by atoms with E-state index in [1.54, 1.807) is 18.6 Å². The summed E-state index contributed by atoms with van der Waals surface area (Å²) in [6.45, 7) is -0.125. The molecule has 0 aliphatic heterocycles. The smallest absolute Gasteiger partial charge is 0.155 e. The molecule has 0 radical (unpaired) electrons. The van der Waals surface area contributed by atoms with Gasteiger partial charge in [0.25, 0.3) is 0 Å². The maximum absolute atomic E-state index is 9.13. The molecule has 1 N–H and O–H groups in total. The molecule has 0 amide bonds. The van der Waals surface area contributed by atoms with Crippen LogP contribution in [0.4, 0.5) is 0 Å². The van der Waals surface area contributed by atoms with Gasteiger partial charge in [-0.15, -0.1) is 0 Å². The van der Waals surface area contributed by atoms with Crippen molar-refractivity contribution in [2.45, 2.75) is 6.61 Å². The van der Waals surface area contributed by atoms with E-state index >= 15 is 0 Å². The first-order chi connectivity index (χ1) is 10.4. The van der Waals surface area contributed by atoms with E-state index in [-0.39, 0.29) is 6.61 Å². The predicted molar refractivity (Wildman–Crippen MR) is 77.0 cm³/mol. The van der Waals surface area contributed by atoms with E-state index in [0.29, 0.717) is 11.5 Å². The van der Waals surface area contributed by atoms with E-state index in [9.17, 15) is 0 Å². The number of aliphatic hydroxyl groups is 1. The summed E-state index contributed by atoms with van der Waals surface area (Å²) in [5, 5.41) is 14.7. The van der Waals surface area contributed by atoms with Crippen molar-refractivity contribution >= 4 is 10.9 Å². The zero-order chi connectivity index (χ0) is 14.2. The summed E-state index contributed by atoms with van der Waals surface area (Å²) >= 11 is 0. The normalized spacial score (nSPS) is 11.3. The quantitative estimate of drug-likeness (QED) is 0.625. The van der Waals surface area contributed by atoms with Crippen LogP contribution in [0.2, 0.25) is 0 Å². The molecule has 0 bridgehead atoms. The monoisotopic (exact) mass is 280 g/mol. The third-order valence-electron chi connectivity index (χ3n) is 3.39. The molecule has 0 aliphatic carbocycles. The molecule has 0 spiro atoms. The number of hydrogen-bond acceptors (Lipinski definition) is 4. The summed E-state index contributed by atoms with van der Waals surface area (Å²) in [5.41, 5.74) is 2.56. The molecule has 3 heterocycles. The van der Waals surface area contributed by atoms with Crippen LogP contribution in [0.5, 0.6) is 0 Å². The summed E-state index contributed by atoms with van der Waals surface area (Å²) in [6.07, 6.45) is 3.26. The average Bonchev–Trinajstić information content (AvgIpc) is 3.25. The van der Waals surface area contributed by atoms with E-state index in [2.05, 4.69) is 5.10 Å². The highest BCUT2D eigenvalue weighted by atomic mass is 16.4. The van der Waals surface area contributed by atoms with Crippen molar-refractivity contribution in [3.63, 3.8) is 0 Å². The van der Waals surface area contributed by atoms with E-state index in [1.165, 1.54) is 0 Å². The molecule has 0 fully saturated rings. The lowest BCUT2D eigenvalue weighted by atomic mass is 10.2. The molecule has 21 heavy (non-hydrogen) atoms. The average molecular weight is 280 g/mol. The molecule has 0 saturated carbocycles. The van der Waals surface area contributed by atoms with Crippen molar-refractivity contribution in [1.29, 1.82) is 0 Å². The maximum Gasteiger partial charge on any atom is 0.155 e. The Balaban J connectivity index is 1.97. The van der Waals surface area contributed by atoms with Crippen molar-refractivity contribution in [1.82, 2.24) is 9.78 Å². The van der Waals surface area contributed by atoms with Gasteiger partial charge in [-0.1, -0.05) is 18.2 Å². The number of para-hydroxylation sites is 1. The fraction of sp³-hybridized carbons (Fsp3) is 0.0625. The largest absolute Gasteiger partial charge is 0.470 e. The SMILES string of the molecule is OCc1ccc(-c2nn(-c3ccoc3)c3ccccc23)o1. The van der Waals surface area contributed by atoms with Gasteiger partial charge in [0.05, 0.1) is 11.8 Å². The Bertz CT molecular complexity index is 887. The number of fused-ring (bicyclic) bond motifs is 1. The van der Waals surface area contributed by atoms with Gasteiger partial charge in [-0.25, -0.2) is 4.68 Å². The lowest BCUT2D eigenvalue weighted by Gasteiger charge is -1.97. The molecule has 0 saturated heterocycles. The van der Waals surface area contributed by atoms with E-state index in [1.807, 2.05) is 41.1 Å². The number of furan rings is 2. The molecule has 4 aromatic rings. The summed E-state index contributed by atoms with van der Waals surface area (Å²) in [5.74, 6) is 1.16. The highest BCUT2D eigenvalue weighted by Crippen LogP contribution is 2.30. The Labute approximate surface area is 120 Å². The second kappa shape index (κ2) is 4.64. The molecule has 4 rings (SSSR count). The van der Waals surface area contributed by atoms with Gasteiger partial charge in [-0.3, -0.25) is 0 Å².